The van der Waals surface area contributed by atoms with Gasteiger partial charge in [0.1, 0.15) is 16.5 Å². The third kappa shape index (κ3) is 4.96. The van der Waals surface area contributed by atoms with E-state index in [9.17, 15) is 10.0 Å². The van der Waals surface area contributed by atoms with Crippen LogP contribution in [0.25, 0.3) is 17.0 Å². The normalized spacial score (nSPS) is 14.2. The third-order valence-corrected chi connectivity index (χ3v) is 6.51. The smallest absolute Gasteiger partial charge is 0.239 e. The average molecular weight is 468 g/mol. The van der Waals surface area contributed by atoms with Gasteiger partial charge in [-0.25, -0.2) is 4.39 Å². The van der Waals surface area contributed by atoms with Crippen molar-refractivity contribution in [2.24, 2.45) is 0 Å². The predicted molar refractivity (Wildman–Crippen MR) is 131 cm³/mol. The number of fused-ring (bicyclic) bond motifs is 1. The molecule has 4 rings (SSSR count). The molecule has 0 spiro atoms. The van der Waals surface area contributed by atoms with Crippen molar-refractivity contribution < 1.29 is 18.7 Å². The van der Waals surface area contributed by atoms with Gasteiger partial charge in [0.15, 0.2) is 12.0 Å². The quantitative estimate of drug-likeness (QED) is 0.186. The molecule has 6 nitrogen and oxygen atoms in total. The molecule has 33 heavy (non-hydrogen) atoms. The van der Waals surface area contributed by atoms with E-state index < -0.39 is 0 Å². The number of piperazine rings is 1. The number of ketones is 1. The van der Waals surface area contributed by atoms with E-state index in [1.54, 1.807) is 31.4 Å². The molecule has 1 aliphatic heterocycles. The highest BCUT2D eigenvalue weighted by molar-refractivity contribution is 7.99. The Bertz CT molecular complexity index is 1190. The standard InChI is InChI=1S/C25H26FN3O3S/c1-3-33-25-23-18(15-21(26)24(25)28-12-10-27-11-13-28)14-19(16-29(23)31)22(30)9-6-17-4-7-20(32-2)8-5-17/h4-9,14-16,27H,3,10-13H2,1-2H3. The lowest BCUT2D eigenvalue weighted by atomic mass is 10.1. The number of benzene rings is 2. The van der Waals surface area contributed by atoms with Crippen molar-refractivity contribution in [3.8, 4) is 5.75 Å². The molecule has 0 aliphatic carbocycles. The summed E-state index contributed by atoms with van der Waals surface area (Å²) in [6.45, 7) is 4.84. The van der Waals surface area contributed by atoms with Gasteiger partial charge in [-0.2, -0.15) is 4.73 Å². The monoisotopic (exact) mass is 467 g/mol. The van der Waals surface area contributed by atoms with E-state index in [-0.39, 0.29) is 17.2 Å². The summed E-state index contributed by atoms with van der Waals surface area (Å²) in [5.74, 6) is 0.721. The molecule has 1 fully saturated rings. The van der Waals surface area contributed by atoms with Crippen LogP contribution in [0.15, 0.2) is 53.6 Å². The van der Waals surface area contributed by atoms with Crippen molar-refractivity contribution >= 4 is 40.2 Å². The van der Waals surface area contributed by atoms with Gasteiger partial charge in [0, 0.05) is 26.2 Å². The maximum atomic E-state index is 15.3. The fraction of sp³-hybridized carbons (Fsp3) is 0.280. The Balaban J connectivity index is 1.71. The van der Waals surface area contributed by atoms with Crippen molar-refractivity contribution in [2.45, 2.75) is 11.8 Å². The molecule has 0 saturated carbocycles. The average Bonchev–Trinajstić information content (AvgIpc) is 2.83. The molecule has 3 aromatic rings. The number of carbonyl (C=O) groups is 1. The minimum atomic E-state index is -0.376. The van der Waals surface area contributed by atoms with Gasteiger partial charge < -0.3 is 20.2 Å². The lowest BCUT2D eigenvalue weighted by Gasteiger charge is -2.31. The van der Waals surface area contributed by atoms with E-state index in [0.717, 1.165) is 24.4 Å². The first kappa shape index (κ1) is 23.1. The summed E-state index contributed by atoms with van der Waals surface area (Å²) in [5.41, 5.74) is 1.91. The SMILES string of the molecule is CCSc1c(N2CCNCC2)c(F)cc2cc(C(=O)C=Cc3ccc(OC)cc3)c[n+]([O-])c12. The maximum absolute atomic E-state index is 15.3. The molecule has 1 aromatic heterocycles. The van der Waals surface area contributed by atoms with Crippen LogP contribution < -0.4 is 19.7 Å². The topological polar surface area (TPSA) is 68.5 Å². The summed E-state index contributed by atoms with van der Waals surface area (Å²) in [4.78, 5) is 15.4. The summed E-state index contributed by atoms with van der Waals surface area (Å²) < 4.78 is 21.1. The van der Waals surface area contributed by atoms with Crippen LogP contribution in [0, 0.1) is 11.0 Å². The molecule has 2 heterocycles. The molecule has 2 aromatic carbocycles. The highest BCUT2D eigenvalue weighted by atomic mass is 32.2. The molecule has 0 atom stereocenters. The van der Waals surface area contributed by atoms with Crippen molar-refractivity contribution in [3.63, 3.8) is 0 Å². The number of aromatic nitrogens is 1. The Morgan fingerprint density at radius 1 is 1.27 bits per heavy atom. The Kier molecular flexibility index (Phi) is 7.15. The van der Waals surface area contributed by atoms with E-state index in [1.807, 2.05) is 24.0 Å². The summed E-state index contributed by atoms with van der Waals surface area (Å²) in [6.07, 6.45) is 4.37. The molecule has 1 aliphatic rings. The number of pyridine rings is 1. The number of ether oxygens (including phenoxy) is 1. The van der Waals surface area contributed by atoms with E-state index in [1.165, 1.54) is 30.1 Å². The lowest BCUT2D eigenvalue weighted by molar-refractivity contribution is -0.578. The third-order valence-electron chi connectivity index (χ3n) is 5.55. The summed E-state index contributed by atoms with van der Waals surface area (Å²) in [5, 5.41) is 16.7. The first-order valence-corrected chi connectivity index (χ1v) is 11.8. The van der Waals surface area contributed by atoms with Gasteiger partial charge in [0.2, 0.25) is 5.52 Å². The first-order valence-electron chi connectivity index (χ1n) is 10.9. The van der Waals surface area contributed by atoms with Gasteiger partial charge in [0.25, 0.3) is 0 Å². The first-order chi connectivity index (χ1) is 16.0. The van der Waals surface area contributed by atoms with E-state index in [4.69, 9.17) is 4.74 Å². The Labute approximate surface area is 196 Å². The summed E-state index contributed by atoms with van der Waals surface area (Å²) in [6, 6.07) is 10.2. The van der Waals surface area contributed by atoms with Crippen molar-refractivity contribution in [3.05, 3.63) is 70.8 Å². The van der Waals surface area contributed by atoms with Gasteiger partial charge in [-0.3, -0.25) is 4.79 Å². The van der Waals surface area contributed by atoms with Crippen molar-refractivity contribution in [1.29, 1.82) is 0 Å². The molecule has 0 bridgehead atoms. The van der Waals surface area contributed by atoms with Crippen LogP contribution in [0.2, 0.25) is 0 Å². The van der Waals surface area contributed by atoms with Crippen LogP contribution >= 0.6 is 11.8 Å². The highest BCUT2D eigenvalue weighted by Gasteiger charge is 2.26. The number of allylic oxidation sites excluding steroid dienone is 1. The molecular weight excluding hydrogens is 441 g/mol. The zero-order chi connectivity index (χ0) is 23.4. The van der Waals surface area contributed by atoms with Crippen LogP contribution in [-0.4, -0.2) is 44.8 Å². The van der Waals surface area contributed by atoms with Crippen LogP contribution in [0.3, 0.4) is 0 Å². The van der Waals surface area contributed by atoms with Crippen molar-refractivity contribution in [2.75, 3.05) is 43.9 Å². The Hall–Kier alpha value is -3.10. The second kappa shape index (κ2) is 10.2. The molecule has 0 amide bonds. The molecule has 0 unspecified atom stereocenters. The number of carbonyl (C=O) groups excluding carboxylic acids is 1. The number of hydrogen-bond donors (Lipinski definition) is 1. The van der Waals surface area contributed by atoms with E-state index in [2.05, 4.69) is 5.32 Å². The number of halogens is 1. The fourth-order valence-electron chi connectivity index (χ4n) is 3.94. The lowest BCUT2D eigenvalue weighted by Crippen LogP contribution is -2.44. The summed E-state index contributed by atoms with van der Waals surface area (Å²) in [7, 11) is 1.59. The molecule has 172 valence electrons. The van der Waals surface area contributed by atoms with Crippen LogP contribution in [0.5, 0.6) is 5.75 Å². The van der Waals surface area contributed by atoms with Gasteiger partial charge in [-0.15, -0.1) is 11.8 Å². The largest absolute Gasteiger partial charge is 0.618 e. The number of thioether (sulfide) groups is 1. The Morgan fingerprint density at radius 3 is 2.67 bits per heavy atom. The minimum Gasteiger partial charge on any atom is -0.618 e. The predicted octanol–water partition coefficient (Wildman–Crippen LogP) is 4.04. The molecule has 1 saturated heterocycles. The van der Waals surface area contributed by atoms with Gasteiger partial charge >= 0.3 is 0 Å². The van der Waals surface area contributed by atoms with Gasteiger partial charge in [-0.05, 0) is 41.7 Å². The molecular formula is C25H26FN3O3S. The van der Waals surface area contributed by atoms with Gasteiger partial charge in [-0.1, -0.05) is 25.1 Å². The highest BCUT2D eigenvalue weighted by Crippen LogP contribution is 2.38. The van der Waals surface area contributed by atoms with E-state index >= 15 is 4.39 Å². The second-order valence-corrected chi connectivity index (χ2v) is 8.94. The van der Waals surface area contributed by atoms with Crippen LogP contribution in [0.4, 0.5) is 10.1 Å². The number of nitrogens with zero attached hydrogens (tertiary/aromatic N) is 2. The van der Waals surface area contributed by atoms with Crippen LogP contribution in [0.1, 0.15) is 22.8 Å². The number of rotatable bonds is 7. The maximum Gasteiger partial charge on any atom is 0.239 e. The molecule has 8 heteroatoms. The number of anilines is 1. The van der Waals surface area contributed by atoms with E-state index in [0.29, 0.717) is 45.1 Å². The minimum absolute atomic E-state index is 0.212. The zero-order valence-corrected chi connectivity index (χ0v) is 19.5. The number of nitrogens with one attached hydrogen (secondary N) is 1. The van der Waals surface area contributed by atoms with Crippen molar-refractivity contribution in [1.82, 2.24) is 5.32 Å². The molecule has 0 radical (unpaired) electrons. The fourth-order valence-corrected chi connectivity index (χ4v) is 4.94. The number of methoxy groups -OCH3 is 1. The summed E-state index contributed by atoms with van der Waals surface area (Å²) >= 11 is 1.45. The zero-order valence-electron chi connectivity index (χ0n) is 18.6. The second-order valence-electron chi connectivity index (χ2n) is 7.67. The number of hydrogen-bond acceptors (Lipinski definition) is 6. The van der Waals surface area contributed by atoms with Gasteiger partial charge in [0.05, 0.1) is 23.7 Å². The Morgan fingerprint density at radius 2 is 2.00 bits per heavy atom. The molecule has 1 N–H and O–H groups in total. The van der Waals surface area contributed by atoms with Crippen LogP contribution in [-0.2, 0) is 0 Å².